The Hall–Kier alpha value is -2.79. The first-order valence-electron chi connectivity index (χ1n) is 5.91. The Morgan fingerprint density at radius 2 is 2.05 bits per heavy atom. The fourth-order valence-electron chi connectivity index (χ4n) is 1.49. The molecular formula is C14H8F2N2O3S. The van der Waals surface area contributed by atoms with E-state index in [0.717, 1.165) is 23.5 Å². The van der Waals surface area contributed by atoms with E-state index in [-0.39, 0.29) is 5.56 Å². The molecule has 0 unspecified atom stereocenters. The third kappa shape index (κ3) is 3.65. The first-order valence-corrected chi connectivity index (χ1v) is 6.79. The minimum absolute atomic E-state index is 0.208. The summed E-state index contributed by atoms with van der Waals surface area (Å²) in [6, 6.07) is 5.95. The standard InChI is InChI=1S/C14H8F2N2O3S/c15-10-2-1-8(5-11(10)16)14(20)21-7-12(19)18-13-9(6-17)3-4-22-13/h1-5H,7H2,(H,18,19). The number of ether oxygens (including phenoxy) is 1. The summed E-state index contributed by atoms with van der Waals surface area (Å²) in [4.78, 5) is 23.2. The van der Waals surface area contributed by atoms with Crippen molar-refractivity contribution in [3.8, 4) is 6.07 Å². The summed E-state index contributed by atoms with van der Waals surface area (Å²) in [5.74, 6) is -3.87. The first-order chi connectivity index (χ1) is 10.5. The van der Waals surface area contributed by atoms with Gasteiger partial charge in [0, 0.05) is 0 Å². The van der Waals surface area contributed by atoms with Crippen molar-refractivity contribution in [1.82, 2.24) is 0 Å². The maximum Gasteiger partial charge on any atom is 0.338 e. The fraction of sp³-hybridized carbons (Fsp3) is 0.0714. The molecule has 0 saturated carbocycles. The highest BCUT2D eigenvalue weighted by Gasteiger charge is 2.14. The minimum Gasteiger partial charge on any atom is -0.452 e. The molecule has 0 saturated heterocycles. The Morgan fingerprint density at radius 3 is 2.73 bits per heavy atom. The second-order valence-electron chi connectivity index (χ2n) is 4.03. The van der Waals surface area contributed by atoms with Gasteiger partial charge in [0.2, 0.25) is 0 Å². The molecule has 2 rings (SSSR count). The zero-order chi connectivity index (χ0) is 16.1. The minimum atomic E-state index is -1.18. The van der Waals surface area contributed by atoms with Crippen LogP contribution < -0.4 is 5.32 Å². The number of amides is 1. The van der Waals surface area contributed by atoms with E-state index in [0.29, 0.717) is 16.6 Å². The van der Waals surface area contributed by atoms with E-state index < -0.39 is 30.1 Å². The third-order valence-electron chi connectivity index (χ3n) is 2.53. The van der Waals surface area contributed by atoms with Crippen LogP contribution in [0.2, 0.25) is 0 Å². The van der Waals surface area contributed by atoms with Crippen molar-refractivity contribution in [2.45, 2.75) is 0 Å². The molecule has 0 atom stereocenters. The normalized spacial score (nSPS) is 9.86. The van der Waals surface area contributed by atoms with E-state index in [4.69, 9.17) is 5.26 Å². The van der Waals surface area contributed by atoms with Crippen molar-refractivity contribution in [1.29, 1.82) is 5.26 Å². The summed E-state index contributed by atoms with van der Waals surface area (Å²) >= 11 is 1.15. The predicted octanol–water partition coefficient (Wildman–Crippen LogP) is 2.69. The summed E-state index contributed by atoms with van der Waals surface area (Å²) in [7, 11) is 0. The van der Waals surface area contributed by atoms with Gasteiger partial charge < -0.3 is 10.1 Å². The molecule has 1 N–H and O–H groups in total. The number of hydrogen-bond acceptors (Lipinski definition) is 5. The van der Waals surface area contributed by atoms with Crippen molar-refractivity contribution in [3.63, 3.8) is 0 Å². The zero-order valence-electron chi connectivity index (χ0n) is 10.9. The van der Waals surface area contributed by atoms with Crippen molar-refractivity contribution in [3.05, 3.63) is 52.4 Å². The van der Waals surface area contributed by atoms with Gasteiger partial charge in [-0.2, -0.15) is 5.26 Å². The lowest BCUT2D eigenvalue weighted by Crippen LogP contribution is -2.20. The Bertz CT molecular complexity index is 768. The van der Waals surface area contributed by atoms with Crippen LogP contribution in [0.15, 0.2) is 29.6 Å². The third-order valence-corrected chi connectivity index (χ3v) is 3.36. The van der Waals surface area contributed by atoms with Crippen LogP contribution in [0.4, 0.5) is 13.8 Å². The molecule has 2 aromatic rings. The highest BCUT2D eigenvalue weighted by molar-refractivity contribution is 7.14. The van der Waals surface area contributed by atoms with E-state index in [1.807, 2.05) is 6.07 Å². The lowest BCUT2D eigenvalue weighted by Gasteiger charge is -2.06. The van der Waals surface area contributed by atoms with Gasteiger partial charge in [-0.1, -0.05) is 0 Å². The summed E-state index contributed by atoms with van der Waals surface area (Å²) < 4.78 is 30.4. The quantitative estimate of drug-likeness (QED) is 0.878. The first kappa shape index (κ1) is 15.6. The fourth-order valence-corrected chi connectivity index (χ4v) is 2.25. The van der Waals surface area contributed by atoms with Gasteiger partial charge in [-0.25, -0.2) is 13.6 Å². The van der Waals surface area contributed by atoms with Gasteiger partial charge in [0.15, 0.2) is 18.2 Å². The molecule has 0 spiro atoms. The number of hydrogen-bond donors (Lipinski definition) is 1. The molecule has 0 radical (unpaired) electrons. The van der Waals surface area contributed by atoms with E-state index >= 15 is 0 Å². The largest absolute Gasteiger partial charge is 0.452 e. The van der Waals surface area contributed by atoms with Crippen LogP contribution in [0.25, 0.3) is 0 Å². The number of esters is 1. The number of halogens is 2. The van der Waals surface area contributed by atoms with Crippen molar-refractivity contribution < 1.29 is 23.1 Å². The van der Waals surface area contributed by atoms with Crippen LogP contribution in [-0.4, -0.2) is 18.5 Å². The van der Waals surface area contributed by atoms with Crippen LogP contribution in [0, 0.1) is 23.0 Å². The maximum absolute atomic E-state index is 13.0. The number of thiophene rings is 1. The molecule has 1 amide bonds. The average molecular weight is 322 g/mol. The molecule has 0 aliphatic carbocycles. The molecule has 0 aliphatic heterocycles. The molecule has 1 heterocycles. The highest BCUT2D eigenvalue weighted by atomic mass is 32.1. The number of nitrogens with one attached hydrogen (secondary N) is 1. The molecular weight excluding hydrogens is 314 g/mol. The van der Waals surface area contributed by atoms with Crippen LogP contribution in [0.5, 0.6) is 0 Å². The number of anilines is 1. The SMILES string of the molecule is N#Cc1ccsc1NC(=O)COC(=O)c1ccc(F)c(F)c1. The second-order valence-corrected chi connectivity index (χ2v) is 4.94. The molecule has 1 aromatic heterocycles. The van der Waals surface area contributed by atoms with Gasteiger partial charge in [-0.05, 0) is 29.6 Å². The average Bonchev–Trinajstić information content (AvgIpc) is 2.94. The lowest BCUT2D eigenvalue weighted by molar-refractivity contribution is -0.119. The van der Waals surface area contributed by atoms with E-state index in [1.165, 1.54) is 6.07 Å². The summed E-state index contributed by atoms with van der Waals surface area (Å²) in [6.45, 7) is -0.611. The van der Waals surface area contributed by atoms with Crippen molar-refractivity contribution >= 4 is 28.2 Å². The molecule has 0 aliphatic rings. The number of carbonyl (C=O) groups is 2. The number of benzene rings is 1. The van der Waals surface area contributed by atoms with Crippen LogP contribution in [-0.2, 0) is 9.53 Å². The maximum atomic E-state index is 13.0. The Morgan fingerprint density at radius 1 is 1.27 bits per heavy atom. The van der Waals surface area contributed by atoms with Gasteiger partial charge >= 0.3 is 5.97 Å². The number of carbonyl (C=O) groups excluding carboxylic acids is 2. The van der Waals surface area contributed by atoms with E-state index in [1.54, 1.807) is 5.38 Å². The molecule has 0 bridgehead atoms. The highest BCUT2D eigenvalue weighted by Crippen LogP contribution is 2.21. The topological polar surface area (TPSA) is 79.2 Å². The molecule has 8 heteroatoms. The monoisotopic (exact) mass is 322 g/mol. The summed E-state index contributed by atoms with van der Waals surface area (Å²) in [6.07, 6.45) is 0. The molecule has 0 fully saturated rings. The zero-order valence-corrected chi connectivity index (χ0v) is 11.7. The van der Waals surface area contributed by atoms with Crippen LogP contribution >= 0.6 is 11.3 Å². The van der Waals surface area contributed by atoms with Gasteiger partial charge in [-0.3, -0.25) is 4.79 Å². The summed E-state index contributed by atoms with van der Waals surface area (Å²) in [5.41, 5.74) is 0.0887. The van der Waals surface area contributed by atoms with Crippen LogP contribution in [0.3, 0.4) is 0 Å². The Balaban J connectivity index is 1.92. The molecule has 1 aromatic carbocycles. The predicted molar refractivity (Wildman–Crippen MR) is 74.3 cm³/mol. The van der Waals surface area contributed by atoms with Gasteiger partial charge in [0.1, 0.15) is 11.1 Å². The molecule has 5 nitrogen and oxygen atoms in total. The molecule has 112 valence electrons. The smallest absolute Gasteiger partial charge is 0.338 e. The van der Waals surface area contributed by atoms with Gasteiger partial charge in [-0.15, -0.1) is 11.3 Å². The van der Waals surface area contributed by atoms with Crippen molar-refractivity contribution in [2.75, 3.05) is 11.9 Å². The van der Waals surface area contributed by atoms with E-state index in [9.17, 15) is 18.4 Å². The lowest BCUT2D eigenvalue weighted by atomic mass is 10.2. The van der Waals surface area contributed by atoms with Crippen LogP contribution in [0.1, 0.15) is 15.9 Å². The van der Waals surface area contributed by atoms with Gasteiger partial charge in [0.05, 0.1) is 11.1 Å². The number of nitriles is 1. The number of rotatable bonds is 4. The second kappa shape index (κ2) is 6.78. The molecule has 22 heavy (non-hydrogen) atoms. The number of nitrogens with zero attached hydrogens (tertiary/aromatic N) is 1. The van der Waals surface area contributed by atoms with Gasteiger partial charge in [0.25, 0.3) is 5.91 Å². The summed E-state index contributed by atoms with van der Waals surface area (Å²) in [5, 5.41) is 13.2. The Labute approximate surface area is 127 Å². The van der Waals surface area contributed by atoms with Crippen molar-refractivity contribution in [2.24, 2.45) is 0 Å². The van der Waals surface area contributed by atoms with E-state index in [2.05, 4.69) is 10.1 Å². The Kier molecular flexibility index (Phi) is 4.80.